The second-order valence-electron chi connectivity index (χ2n) is 1.67. The summed E-state index contributed by atoms with van der Waals surface area (Å²) < 4.78 is 13.1. The highest BCUT2D eigenvalue weighted by Crippen LogP contribution is 2.37. The maximum atomic E-state index is 5.57. The summed E-state index contributed by atoms with van der Waals surface area (Å²) in [5.41, 5.74) is 0. The molecular formula is C4H9Cl3O3Si. The van der Waals surface area contributed by atoms with Gasteiger partial charge in [0, 0.05) is 21.3 Å². The van der Waals surface area contributed by atoms with Crippen LogP contribution in [0.4, 0.5) is 0 Å². The molecule has 0 aliphatic heterocycles. The Balaban J connectivity index is 4.54. The molecule has 0 bridgehead atoms. The molecule has 0 aliphatic carbocycles. The van der Waals surface area contributed by atoms with Gasteiger partial charge in [0.25, 0.3) is 3.42 Å². The van der Waals surface area contributed by atoms with Crippen molar-refractivity contribution in [2.45, 2.75) is 3.42 Å². The number of hydrogen-bond donors (Lipinski definition) is 0. The van der Waals surface area contributed by atoms with E-state index in [1.54, 1.807) is 0 Å². The van der Waals surface area contributed by atoms with Gasteiger partial charge >= 0.3 is 8.80 Å². The molecule has 0 radical (unpaired) electrons. The van der Waals surface area contributed by atoms with Crippen LogP contribution in [0.3, 0.4) is 0 Å². The minimum absolute atomic E-state index is 1.38. The minimum atomic E-state index is -3.12. The van der Waals surface area contributed by atoms with Crippen LogP contribution < -0.4 is 0 Å². The number of alkyl halides is 3. The van der Waals surface area contributed by atoms with Crippen molar-refractivity contribution >= 4 is 43.6 Å². The average molecular weight is 240 g/mol. The SMILES string of the molecule is CO[Si](OC)(OC)C(Cl)(Cl)Cl. The van der Waals surface area contributed by atoms with Gasteiger partial charge in [0.1, 0.15) is 0 Å². The van der Waals surface area contributed by atoms with Crippen LogP contribution in [0.2, 0.25) is 0 Å². The van der Waals surface area contributed by atoms with Crippen molar-refractivity contribution in [3.8, 4) is 0 Å². The molecule has 11 heavy (non-hydrogen) atoms. The molecule has 68 valence electrons. The Morgan fingerprint density at radius 1 is 0.909 bits per heavy atom. The quantitative estimate of drug-likeness (QED) is 0.555. The van der Waals surface area contributed by atoms with E-state index in [2.05, 4.69) is 0 Å². The van der Waals surface area contributed by atoms with Crippen LogP contribution in [0.1, 0.15) is 0 Å². The molecule has 0 unspecified atom stereocenters. The van der Waals surface area contributed by atoms with E-state index in [4.69, 9.17) is 48.1 Å². The molecule has 0 aromatic heterocycles. The highest BCUT2D eigenvalue weighted by Gasteiger charge is 2.58. The van der Waals surface area contributed by atoms with Gasteiger partial charge in [0.05, 0.1) is 0 Å². The predicted octanol–water partition coefficient (Wildman–Crippen LogP) is 1.77. The van der Waals surface area contributed by atoms with Crippen LogP contribution in [-0.2, 0) is 13.3 Å². The molecule has 0 aliphatic rings. The van der Waals surface area contributed by atoms with Crippen LogP contribution in [-0.4, -0.2) is 33.5 Å². The van der Waals surface area contributed by atoms with Crippen LogP contribution in [0.25, 0.3) is 0 Å². The van der Waals surface area contributed by atoms with E-state index in [9.17, 15) is 0 Å². The molecule has 0 fully saturated rings. The van der Waals surface area contributed by atoms with Crippen LogP contribution in [0.5, 0.6) is 0 Å². The predicted molar refractivity (Wildman–Crippen MR) is 47.1 cm³/mol. The van der Waals surface area contributed by atoms with E-state index in [0.717, 1.165) is 0 Å². The Labute approximate surface area is 81.8 Å². The van der Waals surface area contributed by atoms with Crippen LogP contribution in [0, 0.1) is 0 Å². The summed E-state index contributed by atoms with van der Waals surface area (Å²) in [7, 11) is 1.01. The summed E-state index contributed by atoms with van der Waals surface area (Å²) in [5.74, 6) is 0. The van der Waals surface area contributed by atoms with E-state index < -0.39 is 12.2 Å². The maximum Gasteiger partial charge on any atom is 0.554 e. The van der Waals surface area contributed by atoms with Crippen molar-refractivity contribution in [3.05, 3.63) is 0 Å². The molecule has 0 atom stereocenters. The van der Waals surface area contributed by atoms with E-state index >= 15 is 0 Å². The molecule has 0 aromatic carbocycles. The smallest absolute Gasteiger partial charge is 0.374 e. The zero-order valence-corrected chi connectivity index (χ0v) is 9.63. The Bertz CT molecular complexity index is 114. The molecule has 0 heterocycles. The summed E-state index contributed by atoms with van der Waals surface area (Å²) >= 11 is 16.7. The van der Waals surface area contributed by atoms with Gasteiger partial charge in [-0.15, -0.1) is 0 Å². The fourth-order valence-electron chi connectivity index (χ4n) is 0.597. The minimum Gasteiger partial charge on any atom is -0.374 e. The molecule has 0 amide bonds. The second-order valence-corrected chi connectivity index (χ2v) is 7.99. The molecular weight excluding hydrogens is 230 g/mol. The van der Waals surface area contributed by atoms with Crippen molar-refractivity contribution in [1.29, 1.82) is 0 Å². The van der Waals surface area contributed by atoms with Gasteiger partial charge in [-0.3, -0.25) is 0 Å². The lowest BCUT2D eigenvalue weighted by Gasteiger charge is -2.29. The fourth-order valence-corrected chi connectivity index (χ4v) is 3.87. The first-order valence-corrected chi connectivity index (χ1v) is 5.51. The van der Waals surface area contributed by atoms with E-state index in [0.29, 0.717) is 0 Å². The molecule has 0 rings (SSSR count). The lowest BCUT2D eigenvalue weighted by atomic mass is 11.8. The maximum absolute atomic E-state index is 5.57. The summed E-state index contributed by atoms with van der Waals surface area (Å²) in [4.78, 5) is 0. The highest BCUT2D eigenvalue weighted by molar-refractivity contribution is 6.96. The molecule has 0 N–H and O–H groups in total. The Morgan fingerprint density at radius 3 is 1.18 bits per heavy atom. The molecule has 0 saturated heterocycles. The standard InChI is InChI=1S/C4H9Cl3O3Si/c1-8-11(9-2,10-3)4(5,6)7/h1-3H3. The van der Waals surface area contributed by atoms with Gasteiger partial charge in [0.15, 0.2) is 0 Å². The zero-order valence-electron chi connectivity index (χ0n) is 6.36. The second kappa shape index (κ2) is 4.27. The third kappa shape index (κ3) is 2.45. The Morgan fingerprint density at radius 2 is 1.18 bits per heavy atom. The highest BCUT2D eigenvalue weighted by atomic mass is 35.6. The van der Waals surface area contributed by atoms with Gasteiger partial charge in [-0.25, -0.2) is 0 Å². The zero-order chi connectivity index (χ0) is 9.12. The summed E-state index contributed by atoms with van der Waals surface area (Å²) in [6, 6.07) is 0. The van der Waals surface area contributed by atoms with Gasteiger partial charge in [0.2, 0.25) is 0 Å². The van der Waals surface area contributed by atoms with Crippen LogP contribution >= 0.6 is 34.8 Å². The third-order valence-electron chi connectivity index (χ3n) is 1.15. The fraction of sp³-hybridized carbons (Fsp3) is 1.00. The Kier molecular flexibility index (Phi) is 4.65. The summed E-state index contributed by atoms with van der Waals surface area (Å²) in [6.07, 6.45) is 0. The molecule has 3 nitrogen and oxygen atoms in total. The van der Waals surface area contributed by atoms with Gasteiger partial charge in [-0.1, -0.05) is 34.8 Å². The lowest BCUT2D eigenvalue weighted by Crippen LogP contribution is -2.55. The lowest BCUT2D eigenvalue weighted by molar-refractivity contribution is 0.124. The first-order chi connectivity index (χ1) is 4.93. The summed E-state index contributed by atoms with van der Waals surface area (Å²) in [5, 5.41) is 0. The number of rotatable bonds is 3. The van der Waals surface area contributed by atoms with E-state index in [-0.39, 0.29) is 0 Å². The van der Waals surface area contributed by atoms with Crippen molar-refractivity contribution in [3.63, 3.8) is 0 Å². The topological polar surface area (TPSA) is 27.7 Å². The molecule has 0 spiro atoms. The van der Waals surface area contributed by atoms with Crippen molar-refractivity contribution in [2.24, 2.45) is 0 Å². The van der Waals surface area contributed by atoms with E-state index in [1.807, 2.05) is 0 Å². The first kappa shape index (κ1) is 12.0. The van der Waals surface area contributed by atoms with Crippen LogP contribution in [0.15, 0.2) is 0 Å². The number of halogens is 3. The largest absolute Gasteiger partial charge is 0.554 e. The molecule has 7 heteroatoms. The van der Waals surface area contributed by atoms with Gasteiger partial charge in [-0.2, -0.15) is 0 Å². The van der Waals surface area contributed by atoms with Crippen molar-refractivity contribution in [2.75, 3.05) is 21.3 Å². The Hall–Kier alpha value is 0.967. The molecule has 0 aromatic rings. The van der Waals surface area contributed by atoms with Crippen molar-refractivity contribution in [1.82, 2.24) is 0 Å². The monoisotopic (exact) mass is 238 g/mol. The van der Waals surface area contributed by atoms with Gasteiger partial charge < -0.3 is 13.3 Å². The summed E-state index contributed by atoms with van der Waals surface area (Å²) in [6.45, 7) is 0. The average Bonchev–Trinajstić information content (AvgIpc) is 1.90. The van der Waals surface area contributed by atoms with E-state index in [1.165, 1.54) is 21.3 Å². The number of hydrogen-bond acceptors (Lipinski definition) is 3. The van der Waals surface area contributed by atoms with Crippen molar-refractivity contribution < 1.29 is 13.3 Å². The third-order valence-corrected chi connectivity index (χ3v) is 5.54. The van der Waals surface area contributed by atoms with Gasteiger partial charge in [-0.05, 0) is 0 Å². The molecule has 0 saturated carbocycles. The first-order valence-electron chi connectivity index (χ1n) is 2.65. The normalized spacial score (nSPS) is 13.6.